The van der Waals surface area contributed by atoms with Crippen molar-refractivity contribution in [3.05, 3.63) is 212 Å². The molecule has 10 rings (SSSR count). The quantitative estimate of drug-likeness (QED) is 0.0916. The summed E-state index contributed by atoms with van der Waals surface area (Å²) in [6, 6.07) is 42.4. The molecule has 314 valence electrons. The van der Waals surface area contributed by atoms with E-state index in [1.165, 1.54) is 57.7 Å². The van der Waals surface area contributed by atoms with Crippen molar-refractivity contribution in [2.24, 2.45) is 0 Å². The molecule has 14 heteroatoms. The molecule has 0 aliphatic rings. The summed E-state index contributed by atoms with van der Waals surface area (Å²) in [5.74, 6) is -2.60. The van der Waals surface area contributed by atoms with Gasteiger partial charge in [-0.15, -0.1) is 0 Å². The van der Waals surface area contributed by atoms with Gasteiger partial charge in [0.05, 0.1) is 21.5 Å². The van der Waals surface area contributed by atoms with Gasteiger partial charge in [0.2, 0.25) is 11.4 Å². The second-order valence-corrected chi connectivity index (χ2v) is 16.6. The highest BCUT2D eigenvalue weighted by Gasteiger charge is 2.34. The van der Waals surface area contributed by atoms with Crippen molar-refractivity contribution in [3.8, 4) is 11.4 Å². The normalized spacial score (nSPS) is 11.5. The number of hydrogen-bond donors (Lipinski definition) is 0. The molecule has 0 amide bonds. The van der Waals surface area contributed by atoms with Crippen molar-refractivity contribution >= 4 is 77.3 Å². The maximum Gasteiger partial charge on any atom is 0.345 e. The molecule has 0 aliphatic heterocycles. The number of ether oxygens (including phenoxy) is 2. The van der Waals surface area contributed by atoms with Crippen molar-refractivity contribution in [3.63, 3.8) is 0 Å². The summed E-state index contributed by atoms with van der Waals surface area (Å²) < 4.78 is 56.2. The van der Waals surface area contributed by atoms with Gasteiger partial charge in [0.25, 0.3) is 0 Å². The maximum atomic E-state index is 14.7. The Balaban J connectivity index is 1.24. The Bertz CT molecular complexity index is 3310. The number of carbonyl (C=O) groups is 2. The molecule has 0 fully saturated rings. The fraction of sp³-hybridized carbons (Fsp3) is 0.0400. The van der Waals surface area contributed by atoms with Crippen LogP contribution in [0.1, 0.15) is 31.8 Å². The van der Waals surface area contributed by atoms with Crippen molar-refractivity contribution in [2.75, 3.05) is 0 Å². The zero-order chi connectivity index (χ0) is 43.9. The molecule has 10 nitrogen and oxygen atoms in total. The van der Waals surface area contributed by atoms with E-state index in [0.29, 0.717) is 33.3 Å². The van der Waals surface area contributed by atoms with Crippen molar-refractivity contribution in [1.29, 1.82) is 0 Å². The van der Waals surface area contributed by atoms with Crippen LogP contribution in [0.25, 0.3) is 55.1 Å². The number of esters is 2. The van der Waals surface area contributed by atoms with Gasteiger partial charge in [0.15, 0.2) is 0 Å². The monoisotopic (exact) mass is 888 g/mol. The van der Waals surface area contributed by atoms with E-state index in [1.54, 1.807) is 48.5 Å². The lowest BCUT2D eigenvalue weighted by Gasteiger charge is -2.14. The van der Waals surface area contributed by atoms with Crippen molar-refractivity contribution in [2.45, 2.75) is 23.3 Å². The molecule has 0 saturated heterocycles. The number of hydrogen-bond acceptors (Lipinski definition) is 10. The number of nitrogens with zero attached hydrogens (tertiary/aromatic N) is 2. The minimum atomic E-state index is -0.768. The summed E-state index contributed by atoms with van der Waals surface area (Å²) >= 11 is 0. The Morgan fingerprint density at radius 1 is 0.469 bits per heavy atom. The van der Waals surface area contributed by atoms with Crippen molar-refractivity contribution < 1.29 is 36.7 Å². The number of aromatic nitrogens is 2. The van der Waals surface area contributed by atoms with Gasteiger partial charge in [0, 0.05) is 22.1 Å². The zero-order valence-corrected chi connectivity index (χ0v) is 34.8. The highest BCUT2D eigenvalue weighted by molar-refractivity contribution is 8.76. The average molecular weight is 889 g/mol. The van der Waals surface area contributed by atoms with E-state index < -0.39 is 34.8 Å². The first-order valence-electron chi connectivity index (χ1n) is 19.7. The lowest BCUT2D eigenvalue weighted by atomic mass is 10.1. The van der Waals surface area contributed by atoms with E-state index in [0.717, 1.165) is 21.6 Å². The SMILES string of the molecule is O=C(OCc1ccccc1)c1c(SSc2c(C(=O)OCc3ccccc3)c3c4ccccc4c(=O)oc3n2-c2ccc(F)cc2)n(-c2ccc(F)cc2)c2oc(=O)c3ccccc3c12. The number of benzene rings is 6. The predicted octanol–water partition coefficient (Wildman–Crippen LogP) is 11.6. The minimum Gasteiger partial charge on any atom is -0.457 e. The summed E-state index contributed by atoms with van der Waals surface area (Å²) in [5.41, 5.74) is 0.709. The Kier molecular flexibility index (Phi) is 10.7. The zero-order valence-electron chi connectivity index (χ0n) is 33.2. The fourth-order valence-electron chi connectivity index (χ4n) is 7.65. The molecule has 0 spiro atoms. The van der Waals surface area contributed by atoms with Crippen LogP contribution in [0.3, 0.4) is 0 Å². The summed E-state index contributed by atoms with van der Waals surface area (Å²) in [6.45, 7) is -0.200. The predicted molar refractivity (Wildman–Crippen MR) is 241 cm³/mol. The number of fused-ring (bicyclic) bond motifs is 6. The van der Waals surface area contributed by atoms with E-state index >= 15 is 0 Å². The van der Waals surface area contributed by atoms with Gasteiger partial charge in [0.1, 0.15) is 46.0 Å². The maximum absolute atomic E-state index is 14.7. The molecule has 0 saturated carbocycles. The highest BCUT2D eigenvalue weighted by Crippen LogP contribution is 2.50. The van der Waals surface area contributed by atoms with Crippen LogP contribution in [-0.4, -0.2) is 21.1 Å². The van der Waals surface area contributed by atoms with E-state index in [4.69, 9.17) is 18.3 Å². The first-order valence-corrected chi connectivity index (χ1v) is 21.9. The van der Waals surface area contributed by atoms with Crippen LogP contribution in [0, 0.1) is 11.6 Å². The topological polar surface area (TPSA) is 123 Å². The minimum absolute atomic E-state index is 0.0161. The van der Waals surface area contributed by atoms with Gasteiger partial charge in [-0.3, -0.25) is 9.13 Å². The second kappa shape index (κ2) is 16.9. The standard InChI is InChI=1S/C50H30F2N2O8S2/c51-31-19-23-33(24-20-31)53-43-39(35-15-7-9-17-37(35)47(55)61-43)41(49(57)59-27-29-11-3-1-4-12-29)45(53)63-64-46-42(50(58)60-28-30-13-5-2-6-14-30)40-36-16-8-10-18-38(36)48(56)62-44(40)54(46)34-25-21-32(52)22-26-34/h1-26H,27-28H2. The van der Waals surface area contributed by atoms with Crippen LogP contribution in [0.5, 0.6) is 0 Å². The van der Waals surface area contributed by atoms with Gasteiger partial charge in [-0.25, -0.2) is 28.0 Å². The molecule has 0 radical (unpaired) electrons. The average Bonchev–Trinajstić information content (AvgIpc) is 3.83. The molecule has 0 bridgehead atoms. The molecule has 0 unspecified atom stereocenters. The second-order valence-electron chi connectivity index (χ2n) is 14.5. The lowest BCUT2D eigenvalue weighted by molar-refractivity contribution is 0.0462. The molecule has 0 aliphatic carbocycles. The van der Waals surface area contributed by atoms with Gasteiger partial charge < -0.3 is 18.3 Å². The number of halogens is 2. The molecular formula is C50H30F2N2O8S2. The number of carbonyl (C=O) groups excluding carboxylic acids is 2. The molecule has 10 aromatic rings. The smallest absolute Gasteiger partial charge is 0.345 e. The Morgan fingerprint density at radius 3 is 1.19 bits per heavy atom. The summed E-state index contributed by atoms with van der Waals surface area (Å²) in [4.78, 5) is 56.8. The molecular weight excluding hydrogens is 859 g/mol. The number of rotatable bonds is 11. The van der Waals surface area contributed by atoms with Crippen LogP contribution in [-0.2, 0) is 22.7 Å². The first kappa shape index (κ1) is 40.4. The Morgan fingerprint density at radius 2 is 0.812 bits per heavy atom. The highest BCUT2D eigenvalue weighted by atomic mass is 33.1. The molecule has 0 N–H and O–H groups in total. The Labute approximate surface area is 368 Å². The lowest BCUT2D eigenvalue weighted by Crippen LogP contribution is -2.08. The largest absolute Gasteiger partial charge is 0.457 e. The molecule has 64 heavy (non-hydrogen) atoms. The van der Waals surface area contributed by atoms with Crippen LogP contribution in [0.2, 0.25) is 0 Å². The van der Waals surface area contributed by atoms with Crippen LogP contribution < -0.4 is 11.3 Å². The van der Waals surface area contributed by atoms with Gasteiger partial charge >= 0.3 is 23.2 Å². The van der Waals surface area contributed by atoms with Crippen LogP contribution in [0.15, 0.2) is 186 Å². The fourth-order valence-corrected chi connectivity index (χ4v) is 10.3. The molecule has 4 heterocycles. The van der Waals surface area contributed by atoms with E-state index in [9.17, 15) is 28.0 Å². The van der Waals surface area contributed by atoms with E-state index in [-0.39, 0.29) is 67.4 Å². The summed E-state index contributed by atoms with van der Waals surface area (Å²) in [7, 11) is 2.00. The molecule has 0 atom stereocenters. The van der Waals surface area contributed by atoms with Crippen LogP contribution in [0.4, 0.5) is 8.78 Å². The van der Waals surface area contributed by atoms with Gasteiger partial charge in [-0.2, -0.15) is 0 Å². The third-order valence-corrected chi connectivity index (χ3v) is 13.0. The van der Waals surface area contributed by atoms with Gasteiger partial charge in [-0.05, 0) is 93.4 Å². The van der Waals surface area contributed by atoms with Crippen molar-refractivity contribution in [1.82, 2.24) is 9.13 Å². The van der Waals surface area contributed by atoms with Crippen LogP contribution >= 0.6 is 21.6 Å². The summed E-state index contributed by atoms with van der Waals surface area (Å²) in [6.07, 6.45) is 0. The first-order chi connectivity index (χ1) is 31.2. The molecule has 4 aromatic heterocycles. The van der Waals surface area contributed by atoms with Gasteiger partial charge in [-0.1, -0.05) is 97.1 Å². The third-order valence-electron chi connectivity index (χ3n) is 10.6. The molecule has 6 aromatic carbocycles. The van der Waals surface area contributed by atoms with E-state index in [1.807, 2.05) is 60.7 Å². The summed E-state index contributed by atoms with van der Waals surface area (Å²) in [5, 5.41) is 2.05. The third kappa shape index (κ3) is 7.31. The Hall–Kier alpha value is -7.68. The van der Waals surface area contributed by atoms with E-state index in [2.05, 4.69) is 0 Å².